The lowest BCUT2D eigenvalue weighted by Gasteiger charge is -2.26. The van der Waals surface area contributed by atoms with Gasteiger partial charge in [0.2, 0.25) is 0 Å². The Hall–Kier alpha value is -0.800. The van der Waals surface area contributed by atoms with E-state index in [1.165, 1.54) is 12.0 Å². The first-order chi connectivity index (χ1) is 8.04. The van der Waals surface area contributed by atoms with E-state index in [0.717, 1.165) is 18.8 Å². The van der Waals surface area contributed by atoms with Crippen molar-refractivity contribution in [3.8, 4) is 0 Å². The van der Waals surface area contributed by atoms with E-state index in [0.29, 0.717) is 12.1 Å². The molecule has 0 spiro atoms. The van der Waals surface area contributed by atoms with Gasteiger partial charge in [0.15, 0.2) is 0 Å². The summed E-state index contributed by atoms with van der Waals surface area (Å²) in [5, 5.41) is 3.54. The van der Waals surface area contributed by atoms with Crippen molar-refractivity contribution in [2.24, 2.45) is 0 Å². The topological polar surface area (TPSA) is 28.4 Å². The molecule has 1 N–H and O–H groups in total. The van der Waals surface area contributed by atoms with Gasteiger partial charge in [0.05, 0.1) is 6.26 Å². The van der Waals surface area contributed by atoms with Crippen LogP contribution in [0.25, 0.3) is 0 Å². The number of aryl methyl sites for hydroxylation is 1. The van der Waals surface area contributed by atoms with Gasteiger partial charge in [-0.05, 0) is 40.3 Å². The van der Waals surface area contributed by atoms with Gasteiger partial charge in [0.25, 0.3) is 0 Å². The van der Waals surface area contributed by atoms with Crippen molar-refractivity contribution in [2.75, 3.05) is 13.6 Å². The van der Waals surface area contributed by atoms with Crippen LogP contribution in [-0.4, -0.2) is 30.6 Å². The van der Waals surface area contributed by atoms with Crippen LogP contribution in [0.15, 0.2) is 16.7 Å². The highest BCUT2D eigenvalue weighted by Gasteiger charge is 2.12. The number of likely N-dealkylation sites (N-methyl/N-ethyl adjacent to an activating group) is 1. The van der Waals surface area contributed by atoms with Crippen molar-refractivity contribution in [1.29, 1.82) is 0 Å². The summed E-state index contributed by atoms with van der Waals surface area (Å²) in [6.07, 6.45) is 2.94. The van der Waals surface area contributed by atoms with Crippen molar-refractivity contribution < 1.29 is 4.42 Å². The predicted octanol–water partition coefficient (Wildman–Crippen LogP) is 2.80. The molecular formula is C14H26N2O. The number of nitrogens with zero attached hydrogens (tertiary/aromatic N) is 1. The monoisotopic (exact) mass is 238 g/mol. The molecule has 1 rings (SSSR count). The van der Waals surface area contributed by atoms with Crippen LogP contribution in [0.3, 0.4) is 0 Å². The Labute approximate surface area is 105 Å². The normalized spacial score (nSPS) is 15.2. The number of nitrogens with one attached hydrogen (secondary N) is 1. The zero-order valence-electron chi connectivity index (χ0n) is 11.8. The summed E-state index contributed by atoms with van der Waals surface area (Å²) >= 11 is 0. The zero-order chi connectivity index (χ0) is 12.8. The van der Waals surface area contributed by atoms with Crippen molar-refractivity contribution in [2.45, 2.75) is 52.7 Å². The maximum absolute atomic E-state index is 5.32. The summed E-state index contributed by atoms with van der Waals surface area (Å²) in [7, 11) is 2.16. The standard InChI is InChI=1S/C14H26N2O/c1-6-11(2)15-9-12(3)16(5)10-14-7-8-17-13(14)4/h7-8,11-12,15H,6,9-10H2,1-5H3. The minimum Gasteiger partial charge on any atom is -0.469 e. The molecule has 0 saturated carbocycles. The second kappa shape index (κ2) is 6.82. The van der Waals surface area contributed by atoms with Gasteiger partial charge < -0.3 is 9.73 Å². The molecule has 1 aromatic rings. The van der Waals surface area contributed by atoms with Gasteiger partial charge in [-0.15, -0.1) is 0 Å². The van der Waals surface area contributed by atoms with Crippen LogP contribution in [0.4, 0.5) is 0 Å². The summed E-state index contributed by atoms with van der Waals surface area (Å²) in [4.78, 5) is 2.35. The van der Waals surface area contributed by atoms with Gasteiger partial charge in [0, 0.05) is 30.7 Å². The molecule has 1 aromatic heterocycles. The third kappa shape index (κ3) is 4.52. The van der Waals surface area contributed by atoms with Crippen LogP contribution >= 0.6 is 0 Å². The second-order valence-electron chi connectivity index (χ2n) is 4.98. The lowest BCUT2D eigenvalue weighted by Crippen LogP contribution is -2.40. The summed E-state index contributed by atoms with van der Waals surface area (Å²) in [6.45, 7) is 10.7. The molecule has 0 radical (unpaired) electrons. The van der Waals surface area contributed by atoms with Crippen LogP contribution in [0, 0.1) is 6.92 Å². The average Bonchev–Trinajstić information content (AvgIpc) is 2.71. The fourth-order valence-corrected chi connectivity index (χ4v) is 1.67. The SMILES string of the molecule is CCC(C)NCC(C)N(C)Cc1ccoc1C. The Morgan fingerprint density at radius 3 is 2.65 bits per heavy atom. The van der Waals surface area contributed by atoms with Gasteiger partial charge in [-0.2, -0.15) is 0 Å². The fraction of sp³-hybridized carbons (Fsp3) is 0.714. The average molecular weight is 238 g/mol. The largest absolute Gasteiger partial charge is 0.469 e. The smallest absolute Gasteiger partial charge is 0.105 e. The highest BCUT2D eigenvalue weighted by Crippen LogP contribution is 2.12. The molecule has 1 heterocycles. The maximum atomic E-state index is 5.32. The number of rotatable bonds is 7. The molecule has 0 fully saturated rings. The molecule has 98 valence electrons. The molecule has 0 aliphatic rings. The van der Waals surface area contributed by atoms with Gasteiger partial charge in [-0.25, -0.2) is 0 Å². The number of furan rings is 1. The van der Waals surface area contributed by atoms with Crippen molar-refractivity contribution >= 4 is 0 Å². The minimum atomic E-state index is 0.526. The van der Waals surface area contributed by atoms with E-state index in [9.17, 15) is 0 Å². The first-order valence-electron chi connectivity index (χ1n) is 6.51. The van der Waals surface area contributed by atoms with E-state index in [2.05, 4.69) is 44.1 Å². The van der Waals surface area contributed by atoms with E-state index in [1.54, 1.807) is 6.26 Å². The maximum Gasteiger partial charge on any atom is 0.105 e. The molecule has 2 atom stereocenters. The van der Waals surface area contributed by atoms with Crippen molar-refractivity contribution in [1.82, 2.24) is 10.2 Å². The quantitative estimate of drug-likeness (QED) is 0.792. The summed E-state index contributed by atoms with van der Waals surface area (Å²) in [5.74, 6) is 1.03. The van der Waals surface area contributed by atoms with E-state index in [1.807, 2.05) is 6.92 Å². The zero-order valence-corrected chi connectivity index (χ0v) is 11.8. The van der Waals surface area contributed by atoms with E-state index in [4.69, 9.17) is 4.42 Å². The van der Waals surface area contributed by atoms with Crippen molar-refractivity contribution in [3.05, 3.63) is 23.7 Å². The molecule has 0 amide bonds. The third-order valence-electron chi connectivity index (χ3n) is 3.51. The van der Waals surface area contributed by atoms with Gasteiger partial charge in [0.1, 0.15) is 5.76 Å². The number of hydrogen-bond donors (Lipinski definition) is 1. The molecule has 3 heteroatoms. The lowest BCUT2D eigenvalue weighted by atomic mass is 10.2. The first kappa shape index (κ1) is 14.3. The van der Waals surface area contributed by atoms with E-state index >= 15 is 0 Å². The second-order valence-corrected chi connectivity index (χ2v) is 4.98. The van der Waals surface area contributed by atoms with Crippen LogP contribution < -0.4 is 5.32 Å². The summed E-state index contributed by atoms with van der Waals surface area (Å²) in [5.41, 5.74) is 1.28. The molecule has 0 bridgehead atoms. The van der Waals surface area contributed by atoms with Gasteiger partial charge >= 0.3 is 0 Å². The number of hydrogen-bond acceptors (Lipinski definition) is 3. The predicted molar refractivity (Wildman–Crippen MR) is 72.1 cm³/mol. The Bertz CT molecular complexity index is 322. The molecule has 0 saturated heterocycles. The molecule has 0 aliphatic heterocycles. The summed E-state index contributed by atoms with van der Waals surface area (Å²) < 4.78 is 5.32. The third-order valence-corrected chi connectivity index (χ3v) is 3.51. The first-order valence-corrected chi connectivity index (χ1v) is 6.51. The fourth-order valence-electron chi connectivity index (χ4n) is 1.67. The Morgan fingerprint density at radius 2 is 2.12 bits per heavy atom. The highest BCUT2D eigenvalue weighted by atomic mass is 16.3. The van der Waals surface area contributed by atoms with Gasteiger partial charge in [-0.1, -0.05) is 6.92 Å². The summed E-state index contributed by atoms with van der Waals surface area (Å²) in [6, 6.07) is 3.18. The van der Waals surface area contributed by atoms with Crippen LogP contribution in [-0.2, 0) is 6.54 Å². The molecule has 17 heavy (non-hydrogen) atoms. The lowest BCUT2D eigenvalue weighted by molar-refractivity contribution is 0.236. The molecule has 3 nitrogen and oxygen atoms in total. The highest BCUT2D eigenvalue weighted by molar-refractivity contribution is 5.15. The van der Waals surface area contributed by atoms with Gasteiger partial charge in [-0.3, -0.25) is 4.90 Å². The van der Waals surface area contributed by atoms with Crippen LogP contribution in [0.5, 0.6) is 0 Å². The van der Waals surface area contributed by atoms with E-state index < -0.39 is 0 Å². The van der Waals surface area contributed by atoms with Crippen LogP contribution in [0.1, 0.15) is 38.5 Å². The Kier molecular flexibility index (Phi) is 5.72. The Morgan fingerprint density at radius 1 is 1.41 bits per heavy atom. The molecule has 2 unspecified atom stereocenters. The van der Waals surface area contributed by atoms with Crippen LogP contribution in [0.2, 0.25) is 0 Å². The Balaban J connectivity index is 2.37. The molecule has 0 aliphatic carbocycles. The minimum absolute atomic E-state index is 0.526. The molecule has 0 aromatic carbocycles. The van der Waals surface area contributed by atoms with Crippen molar-refractivity contribution in [3.63, 3.8) is 0 Å². The van der Waals surface area contributed by atoms with E-state index in [-0.39, 0.29) is 0 Å². The molecular weight excluding hydrogens is 212 g/mol.